The highest BCUT2D eigenvalue weighted by atomic mass is 19.4. The third-order valence-corrected chi connectivity index (χ3v) is 19.5. The van der Waals surface area contributed by atoms with Gasteiger partial charge < -0.3 is 48.6 Å². The molecule has 6 aromatic carbocycles. The van der Waals surface area contributed by atoms with Gasteiger partial charge in [-0.3, -0.25) is 24.6 Å². The number of benzene rings is 6. The Morgan fingerprint density at radius 1 is 0.701 bits per heavy atom. The second-order valence-electron chi connectivity index (χ2n) is 26.0. The molecule has 2 N–H and O–H groups in total. The smallest absolute Gasteiger partial charge is 0.416 e. The van der Waals surface area contributed by atoms with Gasteiger partial charge in [-0.1, -0.05) is 84.9 Å². The Labute approximate surface area is 562 Å². The number of aliphatic hydroxyl groups excluding tert-OH is 1. The first kappa shape index (κ1) is 71.8. The van der Waals surface area contributed by atoms with Gasteiger partial charge in [-0.25, -0.2) is 9.18 Å². The van der Waals surface area contributed by atoms with Crippen molar-refractivity contribution in [2.24, 2.45) is 0 Å². The van der Waals surface area contributed by atoms with E-state index < -0.39 is 65.4 Å². The second kappa shape index (κ2) is 32.2. The number of likely N-dealkylation sites (N-methyl/N-ethyl adjacent to an activating group) is 2. The van der Waals surface area contributed by atoms with Crippen molar-refractivity contribution in [2.75, 3.05) is 112 Å². The lowest BCUT2D eigenvalue weighted by Gasteiger charge is -2.44. The van der Waals surface area contributed by atoms with Crippen LogP contribution >= 0.6 is 0 Å². The standard InChI is InChI=1S/C74H86F7N7O9/c1-83(35-14-36-85(3)68(91)53-22-28-60(29-23-53)94-44-13-5-8-21-66(89)84(2)42-43-86-37-30-61(31-38-86)97-70(93)82-64-20-12-10-18-62(64)52-15-6-4-7-16-52)67(90)49-95-65-47-54-17-9-11-19-63(54)71(65)32-39-87(40-33-71)41-34-72(56-24-26-59(75)27-25-56)50-88(51-96-72)69(92)55-45-57(73(76,77)78)48-58(46-55)74(79,80)81/h4,6-7,9-12,15-20,22-29,45-46,48,61,65,67,90H,5,8,13-14,21,30-44,47,49-51H2,1-3H3,(H,82,93)/t65-,67?,72-/m0/s1. The largest absolute Gasteiger partial charge is 0.494 e. The normalized spacial score (nSPS) is 18.6. The number of hydrogen-bond acceptors (Lipinski definition) is 12. The summed E-state index contributed by atoms with van der Waals surface area (Å²) in [5.74, 6) is -0.998. The molecule has 0 bridgehead atoms. The van der Waals surface area contributed by atoms with Crippen LogP contribution in [0.2, 0.25) is 0 Å². The molecule has 3 aliphatic heterocycles. The van der Waals surface area contributed by atoms with Gasteiger partial charge in [-0.05, 0) is 167 Å². The maximum atomic E-state index is 14.2. The first-order valence-electron chi connectivity index (χ1n) is 33.3. The molecule has 3 atom stereocenters. The Morgan fingerprint density at radius 3 is 2.06 bits per heavy atom. The first-order valence-corrected chi connectivity index (χ1v) is 33.3. The van der Waals surface area contributed by atoms with E-state index >= 15 is 0 Å². The van der Waals surface area contributed by atoms with Crippen molar-refractivity contribution in [3.05, 3.63) is 190 Å². The number of para-hydroxylation sites is 1. The summed E-state index contributed by atoms with van der Waals surface area (Å²) in [6.07, 6.45) is -4.98. The summed E-state index contributed by atoms with van der Waals surface area (Å²) in [4.78, 5) is 63.9. The van der Waals surface area contributed by atoms with Gasteiger partial charge in [0.25, 0.3) is 11.8 Å². The number of alkyl halides is 6. The molecule has 4 amide bonds. The van der Waals surface area contributed by atoms with Crippen LogP contribution in [-0.4, -0.2) is 183 Å². The predicted molar refractivity (Wildman–Crippen MR) is 353 cm³/mol. The summed E-state index contributed by atoms with van der Waals surface area (Å²) in [7, 11) is 5.39. The fourth-order valence-electron chi connectivity index (χ4n) is 13.7. The van der Waals surface area contributed by atoms with E-state index in [-0.39, 0.29) is 55.1 Å². The van der Waals surface area contributed by atoms with E-state index in [4.69, 9.17) is 18.9 Å². The van der Waals surface area contributed by atoms with Gasteiger partial charge in [-0.15, -0.1) is 0 Å². The minimum absolute atomic E-state index is 0.0259. The zero-order chi connectivity index (χ0) is 68.9. The highest BCUT2D eigenvalue weighted by molar-refractivity contribution is 5.95. The molecule has 10 rings (SSSR count). The van der Waals surface area contributed by atoms with Crippen LogP contribution in [0.15, 0.2) is 146 Å². The number of hydrogen-bond donors (Lipinski definition) is 2. The number of fused-ring (bicyclic) bond motifs is 2. The SMILES string of the molecule is CN(CCN1CCC(OC(=O)Nc2ccccc2-c2ccccc2)CC1)C(=O)CCCCCOc1ccc(C(=O)N(C)CCCN(C)C(O)CO[C@H]2Cc3ccccc3C23CCN(CC[C@@]2(c4ccc(F)cc4)CN(C(=O)c4cc(C(F)(F)F)cc(C(F)(F)F)c4)CO2)CC3)cc1. The van der Waals surface area contributed by atoms with Crippen LogP contribution in [0.25, 0.3) is 11.1 Å². The van der Waals surface area contributed by atoms with Crippen LogP contribution in [0.5, 0.6) is 5.75 Å². The number of nitrogens with one attached hydrogen (secondary N) is 1. The Hall–Kier alpha value is -7.93. The molecule has 16 nitrogen and oxygen atoms in total. The van der Waals surface area contributed by atoms with Gasteiger partial charge >= 0.3 is 18.4 Å². The molecule has 0 saturated carbocycles. The van der Waals surface area contributed by atoms with Gasteiger partial charge in [-0.2, -0.15) is 26.3 Å². The predicted octanol–water partition coefficient (Wildman–Crippen LogP) is 12.7. The zero-order valence-electron chi connectivity index (χ0n) is 55.1. The van der Waals surface area contributed by atoms with Crippen LogP contribution in [0.3, 0.4) is 0 Å². The van der Waals surface area contributed by atoms with E-state index in [1.807, 2.05) is 80.8 Å². The Kier molecular flexibility index (Phi) is 23.8. The summed E-state index contributed by atoms with van der Waals surface area (Å²) >= 11 is 0. The molecular weight excluding hydrogens is 1260 g/mol. The van der Waals surface area contributed by atoms with E-state index in [0.29, 0.717) is 113 Å². The molecule has 520 valence electrons. The van der Waals surface area contributed by atoms with Gasteiger partial charge in [0, 0.05) is 88.4 Å². The van der Waals surface area contributed by atoms with E-state index in [1.165, 1.54) is 35.4 Å². The molecule has 1 aliphatic carbocycles. The summed E-state index contributed by atoms with van der Waals surface area (Å²) in [6, 6.07) is 39.1. The van der Waals surface area contributed by atoms with E-state index in [2.05, 4.69) is 27.2 Å². The molecule has 0 aromatic heterocycles. The Balaban J connectivity index is 0.603. The van der Waals surface area contributed by atoms with Crippen molar-refractivity contribution in [1.82, 2.24) is 29.4 Å². The van der Waals surface area contributed by atoms with Gasteiger partial charge in [0.05, 0.1) is 42.7 Å². The van der Waals surface area contributed by atoms with E-state index in [1.54, 1.807) is 46.0 Å². The van der Waals surface area contributed by atoms with Gasteiger partial charge in [0.15, 0.2) is 0 Å². The van der Waals surface area contributed by atoms with Crippen molar-refractivity contribution in [2.45, 2.75) is 112 Å². The monoisotopic (exact) mass is 1350 g/mol. The number of amides is 4. The topological polar surface area (TPSA) is 157 Å². The Bertz CT molecular complexity index is 3570. The summed E-state index contributed by atoms with van der Waals surface area (Å²) in [6.45, 7) is 5.42. The van der Waals surface area contributed by atoms with Crippen LogP contribution in [0.4, 0.5) is 41.2 Å². The van der Waals surface area contributed by atoms with Crippen LogP contribution in [-0.2, 0) is 48.8 Å². The van der Waals surface area contributed by atoms with E-state index in [0.717, 1.165) is 67.8 Å². The average Bonchev–Trinajstić information content (AvgIpc) is 1.61. The van der Waals surface area contributed by atoms with E-state index in [9.17, 15) is 55.0 Å². The molecule has 0 radical (unpaired) electrons. The summed E-state index contributed by atoms with van der Waals surface area (Å²) in [5.41, 5.74) is 0.384. The lowest BCUT2D eigenvalue weighted by molar-refractivity contribution is -0.143. The van der Waals surface area contributed by atoms with Crippen LogP contribution in [0, 0.1) is 5.82 Å². The van der Waals surface area contributed by atoms with Gasteiger partial charge in [0.1, 0.15) is 36.2 Å². The number of nitrogens with zero attached hydrogens (tertiary/aromatic N) is 6. The molecule has 3 saturated heterocycles. The van der Waals surface area contributed by atoms with Crippen molar-refractivity contribution in [3.8, 4) is 16.9 Å². The molecule has 23 heteroatoms. The van der Waals surface area contributed by atoms with Gasteiger partial charge in [0.2, 0.25) is 5.91 Å². The quantitative estimate of drug-likeness (QED) is 0.0286. The zero-order valence-corrected chi connectivity index (χ0v) is 55.1. The number of unbranched alkanes of at least 4 members (excludes halogenated alkanes) is 2. The number of ether oxygens (including phenoxy) is 4. The molecule has 1 spiro atoms. The number of rotatable bonds is 27. The summed E-state index contributed by atoms with van der Waals surface area (Å²) < 4.78 is 122. The minimum atomic E-state index is -5.15. The third kappa shape index (κ3) is 18.4. The molecule has 4 aliphatic rings. The molecule has 3 heterocycles. The summed E-state index contributed by atoms with van der Waals surface area (Å²) in [5, 5.41) is 14.3. The number of likely N-dealkylation sites (tertiary alicyclic amines) is 2. The number of halogens is 7. The van der Waals surface area contributed by atoms with Crippen LogP contribution in [0.1, 0.15) is 113 Å². The van der Waals surface area contributed by atoms with Crippen molar-refractivity contribution < 1.29 is 74.0 Å². The number of aliphatic hydroxyl groups is 1. The second-order valence-corrected chi connectivity index (χ2v) is 26.0. The molecule has 3 fully saturated rings. The maximum Gasteiger partial charge on any atom is 0.416 e. The fourth-order valence-corrected chi connectivity index (χ4v) is 13.7. The lowest BCUT2D eigenvalue weighted by Crippen LogP contribution is -2.50. The highest BCUT2D eigenvalue weighted by Crippen LogP contribution is 2.49. The van der Waals surface area contributed by atoms with Crippen LogP contribution < -0.4 is 10.1 Å². The number of carbonyl (C=O) groups excluding carboxylic acids is 4. The number of anilines is 1. The van der Waals surface area contributed by atoms with Crippen molar-refractivity contribution in [1.29, 1.82) is 0 Å². The maximum absolute atomic E-state index is 14.2. The molecular formula is C74H86F7N7O9. The number of piperidine rings is 2. The minimum Gasteiger partial charge on any atom is -0.494 e. The molecule has 97 heavy (non-hydrogen) atoms. The third-order valence-electron chi connectivity index (χ3n) is 19.5. The van der Waals surface area contributed by atoms with Crippen molar-refractivity contribution in [3.63, 3.8) is 0 Å². The average molecular weight is 1350 g/mol. The molecule has 1 unspecified atom stereocenters. The highest BCUT2D eigenvalue weighted by Gasteiger charge is 2.50. The fraction of sp³-hybridized carbons (Fsp3) is 0.459. The first-order chi connectivity index (χ1) is 46.5. The Morgan fingerprint density at radius 2 is 1.36 bits per heavy atom. The molecule has 6 aromatic rings. The van der Waals surface area contributed by atoms with Crippen molar-refractivity contribution >= 4 is 29.5 Å². The lowest BCUT2D eigenvalue weighted by atomic mass is 9.72. The number of carbonyl (C=O) groups is 4.